The van der Waals surface area contributed by atoms with E-state index in [1.807, 2.05) is 0 Å². The number of aliphatic hydroxyl groups excluding tert-OH is 3. The second-order valence-corrected chi connectivity index (χ2v) is 10.6. The van der Waals surface area contributed by atoms with Gasteiger partial charge in [-0.3, -0.25) is 4.79 Å². The van der Waals surface area contributed by atoms with Crippen molar-refractivity contribution in [1.29, 1.82) is 0 Å². The molecule has 1 spiro atoms. The van der Waals surface area contributed by atoms with E-state index >= 15 is 0 Å². The summed E-state index contributed by atoms with van der Waals surface area (Å²) in [5.41, 5.74) is -9.90. The minimum Gasteiger partial charge on any atom is -0.479 e. The van der Waals surface area contributed by atoms with Crippen molar-refractivity contribution < 1.29 is 54.1 Å². The highest BCUT2D eigenvalue weighted by Gasteiger charge is 3.02. The molecule has 11 heteroatoms. The van der Waals surface area contributed by atoms with Crippen LogP contribution in [0.25, 0.3) is 0 Å². The van der Waals surface area contributed by atoms with Crippen LogP contribution < -0.4 is 0 Å². The normalized spacial score (nSPS) is 55.5. The van der Waals surface area contributed by atoms with Gasteiger partial charge in [-0.2, -0.15) is 0 Å². The van der Waals surface area contributed by atoms with Crippen molar-refractivity contribution in [3.05, 3.63) is 0 Å². The van der Waals surface area contributed by atoms with Gasteiger partial charge in [-0.05, 0) is 24.7 Å². The van der Waals surface area contributed by atoms with E-state index in [2.05, 4.69) is 0 Å². The molecule has 0 bridgehead atoms. The molecule has 2 saturated carbocycles. The van der Waals surface area contributed by atoms with Crippen molar-refractivity contribution in [2.45, 2.75) is 76.0 Å². The van der Waals surface area contributed by atoms with E-state index < -0.39 is 87.9 Å². The molecule has 0 amide bonds. The van der Waals surface area contributed by atoms with E-state index in [0.717, 1.165) is 0 Å². The average Bonchev–Trinajstić information content (AvgIpc) is 3.31. The number of carbonyl (C=O) groups is 3. The molecule has 0 aromatic rings. The number of hydrogen-bond donors (Lipinski definition) is 5. The lowest BCUT2D eigenvalue weighted by Crippen LogP contribution is -2.67. The third-order valence-electron chi connectivity index (χ3n) is 8.81. The van der Waals surface area contributed by atoms with Crippen molar-refractivity contribution >= 4 is 17.9 Å². The summed E-state index contributed by atoms with van der Waals surface area (Å²) in [5.74, 6) is -5.87. The molecule has 0 unspecified atom stereocenters. The number of fused-ring (bicyclic) bond motifs is 1. The third-order valence-corrected chi connectivity index (χ3v) is 8.81. The smallest absolute Gasteiger partial charge is 0.342 e. The summed E-state index contributed by atoms with van der Waals surface area (Å²) in [6.07, 6.45) is -8.99. The molecule has 172 valence electrons. The maximum absolute atomic E-state index is 13.3. The topological polar surface area (TPSA) is 180 Å². The maximum atomic E-state index is 13.3. The molecule has 11 nitrogen and oxygen atoms in total. The highest BCUT2D eigenvalue weighted by atomic mass is 16.7. The van der Waals surface area contributed by atoms with Crippen LogP contribution in [0.15, 0.2) is 0 Å². The summed E-state index contributed by atoms with van der Waals surface area (Å²) >= 11 is 0. The first-order chi connectivity index (χ1) is 14.2. The number of carboxylic acid groups (broad SMARTS) is 1. The van der Waals surface area contributed by atoms with Gasteiger partial charge in [0, 0.05) is 0 Å². The first kappa shape index (κ1) is 21.1. The number of aliphatic hydroxyl groups is 4. The Labute approximate surface area is 176 Å². The Morgan fingerprint density at radius 2 is 1.81 bits per heavy atom. The molecule has 3 heterocycles. The van der Waals surface area contributed by atoms with Gasteiger partial charge in [-0.15, -0.1) is 0 Å². The number of ether oxygens (including phenoxy) is 3. The van der Waals surface area contributed by atoms with Crippen LogP contribution in [0.1, 0.15) is 34.1 Å². The van der Waals surface area contributed by atoms with Gasteiger partial charge in [0.15, 0.2) is 24.1 Å². The van der Waals surface area contributed by atoms with Crippen LogP contribution in [0.2, 0.25) is 0 Å². The number of esters is 2. The van der Waals surface area contributed by atoms with Gasteiger partial charge < -0.3 is 39.7 Å². The highest BCUT2D eigenvalue weighted by Crippen LogP contribution is 2.83. The van der Waals surface area contributed by atoms with Crippen LogP contribution in [0.3, 0.4) is 0 Å². The molecular formula is C20H26O11. The second kappa shape index (κ2) is 5.40. The first-order valence-corrected chi connectivity index (χ1v) is 10.3. The van der Waals surface area contributed by atoms with Crippen molar-refractivity contribution in [3.8, 4) is 0 Å². The van der Waals surface area contributed by atoms with E-state index in [0.29, 0.717) is 0 Å². The summed E-state index contributed by atoms with van der Waals surface area (Å²) in [6, 6.07) is 0. The molecule has 3 saturated heterocycles. The monoisotopic (exact) mass is 442 g/mol. The molecule has 11 atom stereocenters. The van der Waals surface area contributed by atoms with Crippen LogP contribution in [0.4, 0.5) is 0 Å². The second-order valence-electron chi connectivity index (χ2n) is 10.6. The van der Waals surface area contributed by atoms with Crippen molar-refractivity contribution in [2.24, 2.45) is 28.1 Å². The fraction of sp³-hybridized carbons (Fsp3) is 0.850. The number of rotatable bonds is 2. The van der Waals surface area contributed by atoms with E-state index in [9.17, 15) is 39.9 Å². The highest BCUT2D eigenvalue weighted by molar-refractivity contribution is 5.93. The van der Waals surface area contributed by atoms with E-state index in [1.165, 1.54) is 6.92 Å². The van der Waals surface area contributed by atoms with Crippen molar-refractivity contribution in [2.75, 3.05) is 0 Å². The first-order valence-electron chi connectivity index (χ1n) is 10.3. The molecule has 3 aliphatic heterocycles. The fourth-order valence-corrected chi connectivity index (χ4v) is 7.87. The lowest BCUT2D eigenvalue weighted by molar-refractivity contribution is -0.255. The van der Waals surface area contributed by atoms with Crippen LogP contribution in [0, 0.1) is 28.1 Å². The molecule has 5 aliphatic rings. The largest absolute Gasteiger partial charge is 0.479 e. The van der Waals surface area contributed by atoms with E-state index in [4.69, 9.17) is 14.2 Å². The summed E-state index contributed by atoms with van der Waals surface area (Å²) in [7, 11) is 0. The van der Waals surface area contributed by atoms with Gasteiger partial charge in [0.1, 0.15) is 12.2 Å². The fourth-order valence-electron chi connectivity index (χ4n) is 7.87. The van der Waals surface area contributed by atoms with Gasteiger partial charge in [-0.25, -0.2) is 9.59 Å². The van der Waals surface area contributed by atoms with Gasteiger partial charge in [0.05, 0.1) is 16.7 Å². The standard InChI is InChI=1S/C20H26O11/c1-6-13(25)30-11-9(21)18-8-5-7(16(2,3)4)17(18,10(22)12(23)24)14(26)31-20(18,15(27)29-8)19(6,11)28/h6-11,14,21-22,26,28H,5H2,1-4H3,(H,23,24)/t6-,7+,8-,9-,10+,11+,14+,17+,18+,19-,20-/m1/s1. The molecule has 5 fully saturated rings. The Hall–Kier alpha value is -1.79. The lowest BCUT2D eigenvalue weighted by atomic mass is 9.50. The number of aliphatic carboxylic acids is 1. The molecule has 0 aromatic carbocycles. The number of carbonyl (C=O) groups excluding carboxylic acids is 2. The molecule has 0 aromatic heterocycles. The predicted molar refractivity (Wildman–Crippen MR) is 95.8 cm³/mol. The summed E-state index contributed by atoms with van der Waals surface area (Å²) in [4.78, 5) is 37.7. The third kappa shape index (κ3) is 1.66. The molecule has 2 aliphatic carbocycles. The van der Waals surface area contributed by atoms with Crippen molar-refractivity contribution in [1.82, 2.24) is 0 Å². The van der Waals surface area contributed by atoms with E-state index in [1.54, 1.807) is 20.8 Å². The number of hydrogen-bond acceptors (Lipinski definition) is 10. The summed E-state index contributed by atoms with van der Waals surface area (Å²) < 4.78 is 16.6. The zero-order valence-corrected chi connectivity index (χ0v) is 17.4. The zero-order valence-electron chi connectivity index (χ0n) is 17.4. The van der Waals surface area contributed by atoms with E-state index in [-0.39, 0.29) is 6.42 Å². The lowest BCUT2D eigenvalue weighted by Gasteiger charge is -2.50. The Morgan fingerprint density at radius 3 is 2.35 bits per heavy atom. The Kier molecular flexibility index (Phi) is 3.67. The SMILES string of the molecule is C[C@@H]1C(=O)O[C@H]2[C@@H](O)[C@@]34[C@H]5C[C@@H](C(C)(C)C)[C@]3([C@@H](O)C(=O)O)[C@@H](O)O[C@@]4(C(=O)O5)[C@@]12O. The zero-order chi connectivity index (χ0) is 23.1. The minimum atomic E-state index is -2.50. The Bertz CT molecular complexity index is 911. The van der Waals surface area contributed by atoms with Crippen LogP contribution in [0.5, 0.6) is 0 Å². The van der Waals surface area contributed by atoms with Gasteiger partial charge in [-0.1, -0.05) is 20.8 Å². The molecule has 31 heavy (non-hydrogen) atoms. The predicted octanol–water partition coefficient (Wildman–Crippen LogP) is -1.85. The molecular weight excluding hydrogens is 416 g/mol. The van der Waals surface area contributed by atoms with Crippen molar-refractivity contribution in [3.63, 3.8) is 0 Å². The average molecular weight is 442 g/mol. The number of carboxylic acids is 1. The van der Waals surface area contributed by atoms with Gasteiger partial charge in [0.2, 0.25) is 5.60 Å². The summed E-state index contributed by atoms with van der Waals surface area (Å²) in [5, 5.41) is 55.5. The molecule has 5 N–H and O–H groups in total. The Balaban J connectivity index is 1.90. The van der Waals surface area contributed by atoms with Gasteiger partial charge >= 0.3 is 17.9 Å². The van der Waals surface area contributed by atoms with Crippen LogP contribution in [-0.2, 0) is 28.6 Å². The molecule has 0 radical (unpaired) electrons. The Morgan fingerprint density at radius 1 is 1.19 bits per heavy atom. The quantitative estimate of drug-likeness (QED) is 0.303. The maximum Gasteiger partial charge on any atom is 0.342 e. The van der Waals surface area contributed by atoms with Gasteiger partial charge in [0.25, 0.3) is 0 Å². The molecule has 5 rings (SSSR count). The summed E-state index contributed by atoms with van der Waals surface area (Å²) in [6.45, 7) is 6.59. The minimum absolute atomic E-state index is 0.00391. The van der Waals surface area contributed by atoms with Crippen LogP contribution >= 0.6 is 0 Å². The van der Waals surface area contributed by atoms with Crippen LogP contribution in [-0.4, -0.2) is 85.3 Å².